The second kappa shape index (κ2) is 9.01. The van der Waals surface area contributed by atoms with Crippen LogP contribution < -0.4 is 0 Å². The van der Waals surface area contributed by atoms with Crippen LogP contribution in [0, 0.1) is 5.92 Å². The van der Waals surface area contributed by atoms with Gasteiger partial charge < -0.3 is 9.84 Å². The molecule has 2 heteroatoms. The Bertz CT molecular complexity index is 83.9. The van der Waals surface area contributed by atoms with E-state index in [2.05, 4.69) is 13.8 Å². The van der Waals surface area contributed by atoms with E-state index in [9.17, 15) is 0 Å². The maximum absolute atomic E-state index is 8.43. The fourth-order valence-corrected chi connectivity index (χ4v) is 1.34. The number of aliphatic hydroxyl groups is 1. The molecule has 0 bridgehead atoms. The van der Waals surface area contributed by atoms with Gasteiger partial charge in [-0.25, -0.2) is 0 Å². The lowest BCUT2D eigenvalue weighted by molar-refractivity contribution is 0.0878. The lowest BCUT2D eigenvalue weighted by atomic mass is 10.0. The summed E-state index contributed by atoms with van der Waals surface area (Å²) in [6, 6.07) is 0. The first-order valence-electron chi connectivity index (χ1n) is 4.99. The van der Waals surface area contributed by atoms with Crippen molar-refractivity contribution in [2.45, 2.75) is 39.5 Å². The molecule has 1 atom stereocenters. The minimum absolute atomic E-state index is 0.143. The summed E-state index contributed by atoms with van der Waals surface area (Å²) < 4.78 is 5.16. The second-order valence-electron chi connectivity index (χ2n) is 3.37. The van der Waals surface area contributed by atoms with Crippen molar-refractivity contribution in [3.05, 3.63) is 0 Å². The third-order valence-corrected chi connectivity index (χ3v) is 2.00. The van der Waals surface area contributed by atoms with Gasteiger partial charge in [-0.2, -0.15) is 0 Å². The van der Waals surface area contributed by atoms with Crippen LogP contribution >= 0.6 is 0 Å². The highest BCUT2D eigenvalue weighted by molar-refractivity contribution is 4.51. The first-order valence-corrected chi connectivity index (χ1v) is 4.99. The molecule has 0 aromatic rings. The Morgan fingerprint density at radius 1 is 1.25 bits per heavy atom. The van der Waals surface area contributed by atoms with Gasteiger partial charge in [-0.15, -0.1) is 0 Å². The number of hydrogen-bond donors (Lipinski definition) is 1. The van der Waals surface area contributed by atoms with Gasteiger partial charge in [-0.05, 0) is 18.8 Å². The fourth-order valence-electron chi connectivity index (χ4n) is 1.34. The van der Waals surface area contributed by atoms with E-state index in [4.69, 9.17) is 9.84 Å². The zero-order valence-electron chi connectivity index (χ0n) is 8.38. The van der Waals surface area contributed by atoms with Crippen LogP contribution in [0.2, 0.25) is 0 Å². The molecule has 12 heavy (non-hydrogen) atoms. The highest BCUT2D eigenvalue weighted by Crippen LogP contribution is 2.11. The van der Waals surface area contributed by atoms with Crippen molar-refractivity contribution in [1.29, 1.82) is 0 Å². The Morgan fingerprint density at radius 2 is 2.00 bits per heavy atom. The van der Waals surface area contributed by atoms with Crippen LogP contribution in [0.4, 0.5) is 0 Å². The van der Waals surface area contributed by atoms with E-state index < -0.39 is 0 Å². The zero-order chi connectivity index (χ0) is 9.23. The van der Waals surface area contributed by atoms with E-state index in [0.717, 1.165) is 18.9 Å². The summed E-state index contributed by atoms with van der Waals surface area (Å²) >= 11 is 0. The Balaban J connectivity index is 2.97. The van der Waals surface area contributed by atoms with E-state index in [1.54, 1.807) is 0 Å². The lowest BCUT2D eigenvalue weighted by Gasteiger charge is -2.09. The average Bonchev–Trinajstić information content (AvgIpc) is 2.05. The molecule has 0 aromatic carbocycles. The van der Waals surface area contributed by atoms with Crippen LogP contribution in [0.1, 0.15) is 39.5 Å². The van der Waals surface area contributed by atoms with Gasteiger partial charge in [-0.1, -0.05) is 26.7 Å². The third-order valence-electron chi connectivity index (χ3n) is 2.00. The van der Waals surface area contributed by atoms with Gasteiger partial charge in [0.1, 0.15) is 0 Å². The van der Waals surface area contributed by atoms with E-state index in [0.29, 0.717) is 6.61 Å². The van der Waals surface area contributed by atoms with E-state index >= 15 is 0 Å². The minimum Gasteiger partial charge on any atom is -0.394 e. The summed E-state index contributed by atoms with van der Waals surface area (Å²) in [4.78, 5) is 0. The molecule has 2 nitrogen and oxygen atoms in total. The summed E-state index contributed by atoms with van der Waals surface area (Å²) in [5.74, 6) is 0.827. The van der Waals surface area contributed by atoms with Crippen LogP contribution in [-0.4, -0.2) is 24.9 Å². The molecule has 0 aliphatic carbocycles. The summed E-state index contributed by atoms with van der Waals surface area (Å²) in [5, 5.41) is 8.43. The van der Waals surface area contributed by atoms with Gasteiger partial charge in [0.15, 0.2) is 0 Å². The number of rotatable bonds is 8. The molecular weight excluding hydrogens is 152 g/mol. The molecule has 0 heterocycles. The Kier molecular flexibility index (Phi) is 8.95. The van der Waals surface area contributed by atoms with E-state index in [1.807, 2.05) is 0 Å². The van der Waals surface area contributed by atoms with Gasteiger partial charge >= 0.3 is 0 Å². The summed E-state index contributed by atoms with van der Waals surface area (Å²) in [6.45, 7) is 5.94. The van der Waals surface area contributed by atoms with Gasteiger partial charge in [-0.3, -0.25) is 0 Å². The molecule has 74 valence electrons. The maximum Gasteiger partial charge on any atom is 0.0697 e. The molecular formula is C10H22O2. The monoisotopic (exact) mass is 174 g/mol. The predicted octanol–water partition coefficient (Wildman–Crippen LogP) is 2.21. The van der Waals surface area contributed by atoms with E-state index in [-0.39, 0.29) is 6.61 Å². The van der Waals surface area contributed by atoms with Crippen molar-refractivity contribution in [3.8, 4) is 0 Å². The van der Waals surface area contributed by atoms with Crippen molar-refractivity contribution < 1.29 is 9.84 Å². The molecule has 1 N–H and O–H groups in total. The zero-order valence-corrected chi connectivity index (χ0v) is 8.38. The largest absolute Gasteiger partial charge is 0.394 e. The third kappa shape index (κ3) is 8.02. The van der Waals surface area contributed by atoms with Gasteiger partial charge in [0.2, 0.25) is 0 Å². The SMILES string of the molecule is CCCC(C)CCCOCCO. The summed E-state index contributed by atoms with van der Waals surface area (Å²) in [5.41, 5.74) is 0. The number of hydrogen-bond acceptors (Lipinski definition) is 2. The molecule has 0 aromatic heterocycles. The molecule has 0 rings (SSSR count). The summed E-state index contributed by atoms with van der Waals surface area (Å²) in [7, 11) is 0. The van der Waals surface area contributed by atoms with Crippen LogP contribution in [0.5, 0.6) is 0 Å². The molecule has 0 spiro atoms. The molecule has 0 amide bonds. The van der Waals surface area contributed by atoms with Crippen molar-refractivity contribution in [2.24, 2.45) is 5.92 Å². The molecule has 0 fully saturated rings. The second-order valence-corrected chi connectivity index (χ2v) is 3.37. The summed E-state index contributed by atoms with van der Waals surface area (Å²) in [6.07, 6.45) is 4.97. The number of ether oxygens (including phenoxy) is 1. The first-order chi connectivity index (χ1) is 5.81. The van der Waals surface area contributed by atoms with Gasteiger partial charge in [0.25, 0.3) is 0 Å². The Hall–Kier alpha value is -0.0800. The quantitative estimate of drug-likeness (QED) is 0.572. The topological polar surface area (TPSA) is 29.5 Å². The molecule has 0 aliphatic heterocycles. The van der Waals surface area contributed by atoms with Crippen molar-refractivity contribution in [3.63, 3.8) is 0 Å². The van der Waals surface area contributed by atoms with Crippen LogP contribution in [0.3, 0.4) is 0 Å². The van der Waals surface area contributed by atoms with Crippen LogP contribution in [-0.2, 0) is 4.74 Å². The first kappa shape index (κ1) is 11.9. The molecule has 1 unspecified atom stereocenters. The highest BCUT2D eigenvalue weighted by Gasteiger charge is 1.99. The molecule has 0 radical (unpaired) electrons. The fraction of sp³-hybridized carbons (Fsp3) is 1.00. The van der Waals surface area contributed by atoms with E-state index in [1.165, 1.54) is 19.3 Å². The Labute approximate surface area is 75.9 Å². The maximum atomic E-state index is 8.43. The van der Waals surface area contributed by atoms with Crippen LogP contribution in [0.15, 0.2) is 0 Å². The highest BCUT2D eigenvalue weighted by atomic mass is 16.5. The lowest BCUT2D eigenvalue weighted by Crippen LogP contribution is -2.02. The van der Waals surface area contributed by atoms with Gasteiger partial charge in [0, 0.05) is 6.61 Å². The molecule has 0 saturated heterocycles. The Morgan fingerprint density at radius 3 is 2.58 bits per heavy atom. The van der Waals surface area contributed by atoms with Crippen LogP contribution in [0.25, 0.3) is 0 Å². The van der Waals surface area contributed by atoms with Crippen molar-refractivity contribution >= 4 is 0 Å². The number of aliphatic hydroxyl groups excluding tert-OH is 1. The standard InChI is InChI=1S/C10H22O2/c1-3-5-10(2)6-4-8-12-9-7-11/h10-11H,3-9H2,1-2H3. The van der Waals surface area contributed by atoms with Crippen molar-refractivity contribution in [1.82, 2.24) is 0 Å². The van der Waals surface area contributed by atoms with Gasteiger partial charge in [0.05, 0.1) is 13.2 Å². The minimum atomic E-state index is 0.143. The van der Waals surface area contributed by atoms with Crippen molar-refractivity contribution in [2.75, 3.05) is 19.8 Å². The average molecular weight is 174 g/mol. The molecule has 0 aliphatic rings. The predicted molar refractivity (Wildman–Crippen MR) is 51.2 cm³/mol. The molecule has 0 saturated carbocycles. The normalized spacial score (nSPS) is 13.2. The smallest absolute Gasteiger partial charge is 0.0697 e.